The van der Waals surface area contributed by atoms with Crippen molar-refractivity contribution in [1.29, 1.82) is 0 Å². The molecule has 1 aromatic carbocycles. The molecule has 0 bridgehead atoms. The quantitative estimate of drug-likeness (QED) is 0.677. The number of hydrogen-bond acceptors (Lipinski definition) is 3. The van der Waals surface area contributed by atoms with Crippen LogP contribution in [0.15, 0.2) is 41.1 Å². The maximum atomic E-state index is 5.32. The maximum absolute atomic E-state index is 5.32. The number of imidazole rings is 1. The summed E-state index contributed by atoms with van der Waals surface area (Å²) in [6, 6.07) is 7.80. The lowest BCUT2D eigenvalue weighted by Crippen LogP contribution is -1.82. The molecule has 86 valence electrons. The van der Waals surface area contributed by atoms with Crippen LogP contribution in [0.5, 0.6) is 5.75 Å². The van der Waals surface area contributed by atoms with Crippen LogP contribution in [0.3, 0.4) is 0 Å². The number of hydrogen-bond donors (Lipinski definition) is 0. The first-order valence-electron chi connectivity index (χ1n) is 5.35. The lowest BCUT2D eigenvalue weighted by molar-refractivity contribution is 0.415. The van der Waals surface area contributed by atoms with Gasteiger partial charge in [0.1, 0.15) is 12.0 Å². The Balaban J connectivity index is 2.07. The van der Waals surface area contributed by atoms with Crippen LogP contribution in [-0.2, 0) is 0 Å². The first kappa shape index (κ1) is 9.96. The van der Waals surface area contributed by atoms with Crippen molar-refractivity contribution in [3.05, 3.63) is 42.4 Å². The first-order valence-corrected chi connectivity index (χ1v) is 5.35. The van der Waals surface area contributed by atoms with Crippen LogP contribution in [0.25, 0.3) is 17.1 Å². The molecule has 0 saturated carbocycles. The fraction of sp³-hybridized carbons (Fsp3) is 0.154. The van der Waals surface area contributed by atoms with Crippen molar-refractivity contribution >= 4 is 5.84 Å². The summed E-state index contributed by atoms with van der Waals surface area (Å²) in [4.78, 5) is 4.41. The van der Waals surface area contributed by atoms with Crippen molar-refractivity contribution in [3.63, 3.8) is 0 Å². The van der Waals surface area contributed by atoms with Crippen molar-refractivity contribution in [3.8, 4) is 17.0 Å². The predicted molar refractivity (Wildman–Crippen MR) is 64.2 cm³/mol. The van der Waals surface area contributed by atoms with Gasteiger partial charge in [0.25, 0.3) is 0 Å². The SMILES string of the molecule is COc1ccc(-c2cn3c(C)coc3n2)cc1. The molecule has 0 aliphatic rings. The molecule has 0 aliphatic heterocycles. The van der Waals surface area contributed by atoms with Crippen molar-refractivity contribution < 1.29 is 9.15 Å². The standard InChI is InChI=1S/C13H12N2O2/c1-9-8-17-13-14-12(7-15(9)13)10-3-5-11(16-2)6-4-10/h3-8H,1-2H3. The number of oxazole rings is 1. The fourth-order valence-corrected chi connectivity index (χ4v) is 1.79. The third-order valence-electron chi connectivity index (χ3n) is 2.77. The summed E-state index contributed by atoms with van der Waals surface area (Å²) in [6.45, 7) is 1.98. The minimum atomic E-state index is 0.619. The van der Waals surface area contributed by atoms with E-state index in [1.165, 1.54) is 0 Å². The molecule has 0 aliphatic carbocycles. The molecule has 0 spiro atoms. The summed E-state index contributed by atoms with van der Waals surface area (Å²) < 4.78 is 12.4. The van der Waals surface area contributed by atoms with Crippen LogP contribution in [-0.4, -0.2) is 16.5 Å². The summed E-state index contributed by atoms with van der Waals surface area (Å²) in [5.41, 5.74) is 2.98. The van der Waals surface area contributed by atoms with E-state index >= 15 is 0 Å². The van der Waals surface area contributed by atoms with Crippen LogP contribution in [0.4, 0.5) is 0 Å². The molecule has 2 heterocycles. The van der Waals surface area contributed by atoms with Gasteiger partial charge in [-0.05, 0) is 31.2 Å². The van der Waals surface area contributed by atoms with Gasteiger partial charge in [-0.25, -0.2) is 0 Å². The lowest BCUT2D eigenvalue weighted by Gasteiger charge is -2.00. The summed E-state index contributed by atoms with van der Waals surface area (Å²) in [6.07, 6.45) is 3.66. The van der Waals surface area contributed by atoms with Crippen molar-refractivity contribution in [2.45, 2.75) is 6.92 Å². The van der Waals surface area contributed by atoms with Gasteiger partial charge in [-0.2, -0.15) is 4.98 Å². The van der Waals surface area contributed by atoms with E-state index in [1.807, 2.05) is 41.8 Å². The van der Waals surface area contributed by atoms with Crippen molar-refractivity contribution in [1.82, 2.24) is 9.38 Å². The molecule has 4 nitrogen and oxygen atoms in total. The Morgan fingerprint density at radius 2 is 2.00 bits per heavy atom. The van der Waals surface area contributed by atoms with Crippen molar-refractivity contribution in [2.75, 3.05) is 7.11 Å². The van der Waals surface area contributed by atoms with E-state index in [1.54, 1.807) is 13.4 Å². The van der Waals surface area contributed by atoms with E-state index in [0.717, 1.165) is 22.7 Å². The smallest absolute Gasteiger partial charge is 0.306 e. The van der Waals surface area contributed by atoms with Gasteiger partial charge in [0, 0.05) is 11.8 Å². The summed E-state index contributed by atoms with van der Waals surface area (Å²) >= 11 is 0. The largest absolute Gasteiger partial charge is 0.497 e. The maximum Gasteiger partial charge on any atom is 0.306 e. The molecular formula is C13H12N2O2. The Hall–Kier alpha value is -2.23. The number of aryl methyl sites for hydroxylation is 1. The van der Waals surface area contributed by atoms with Crippen molar-refractivity contribution in [2.24, 2.45) is 0 Å². The lowest BCUT2D eigenvalue weighted by atomic mass is 10.2. The highest BCUT2D eigenvalue weighted by atomic mass is 16.5. The highest BCUT2D eigenvalue weighted by Crippen LogP contribution is 2.23. The van der Waals surface area contributed by atoms with Gasteiger partial charge in [-0.3, -0.25) is 4.40 Å². The minimum absolute atomic E-state index is 0.619. The van der Waals surface area contributed by atoms with Gasteiger partial charge >= 0.3 is 5.84 Å². The average Bonchev–Trinajstić information content (AvgIpc) is 2.92. The van der Waals surface area contributed by atoms with E-state index in [9.17, 15) is 0 Å². The zero-order chi connectivity index (χ0) is 11.8. The molecule has 4 heteroatoms. The average molecular weight is 228 g/mol. The molecule has 0 saturated heterocycles. The summed E-state index contributed by atoms with van der Waals surface area (Å²) in [5, 5.41) is 0. The highest BCUT2D eigenvalue weighted by molar-refractivity contribution is 5.62. The normalized spacial score (nSPS) is 10.9. The fourth-order valence-electron chi connectivity index (χ4n) is 1.79. The summed E-state index contributed by atoms with van der Waals surface area (Å²) in [7, 11) is 1.65. The second kappa shape index (κ2) is 3.66. The van der Waals surface area contributed by atoms with Crippen LogP contribution in [0.2, 0.25) is 0 Å². The number of nitrogens with zero attached hydrogens (tertiary/aromatic N) is 2. The van der Waals surface area contributed by atoms with Gasteiger partial charge in [-0.1, -0.05) is 0 Å². The van der Waals surface area contributed by atoms with Gasteiger partial charge in [0.05, 0.1) is 18.5 Å². The molecule has 17 heavy (non-hydrogen) atoms. The third kappa shape index (κ3) is 1.58. The predicted octanol–water partition coefficient (Wildman–Crippen LogP) is 2.91. The van der Waals surface area contributed by atoms with Gasteiger partial charge in [-0.15, -0.1) is 0 Å². The van der Waals surface area contributed by atoms with E-state index in [2.05, 4.69) is 4.98 Å². The number of methoxy groups -OCH3 is 1. The Morgan fingerprint density at radius 1 is 1.24 bits per heavy atom. The molecule has 0 unspecified atom stereocenters. The van der Waals surface area contributed by atoms with Crippen LogP contribution >= 0.6 is 0 Å². The molecule has 0 fully saturated rings. The molecule has 0 amide bonds. The Labute approximate surface area is 98.5 Å². The monoisotopic (exact) mass is 228 g/mol. The molecule has 2 aromatic heterocycles. The molecule has 0 radical (unpaired) electrons. The summed E-state index contributed by atoms with van der Waals surface area (Å²) in [5.74, 6) is 1.46. The molecular weight excluding hydrogens is 216 g/mol. The number of fused-ring (bicyclic) bond motifs is 1. The Morgan fingerprint density at radius 3 is 2.65 bits per heavy atom. The second-order valence-electron chi connectivity index (χ2n) is 3.88. The van der Waals surface area contributed by atoms with Gasteiger partial charge in [0.2, 0.25) is 0 Å². The number of aromatic nitrogens is 2. The van der Waals surface area contributed by atoms with E-state index in [0.29, 0.717) is 5.84 Å². The minimum Gasteiger partial charge on any atom is -0.497 e. The van der Waals surface area contributed by atoms with E-state index in [-0.39, 0.29) is 0 Å². The highest BCUT2D eigenvalue weighted by Gasteiger charge is 2.08. The third-order valence-corrected chi connectivity index (χ3v) is 2.77. The van der Waals surface area contributed by atoms with E-state index < -0.39 is 0 Å². The second-order valence-corrected chi connectivity index (χ2v) is 3.88. The van der Waals surface area contributed by atoms with Gasteiger partial charge in [0.15, 0.2) is 0 Å². The number of ether oxygens (including phenoxy) is 1. The molecule has 3 aromatic rings. The molecule has 3 rings (SSSR count). The Kier molecular flexibility index (Phi) is 2.14. The number of rotatable bonds is 2. The van der Waals surface area contributed by atoms with Crippen LogP contribution in [0.1, 0.15) is 5.69 Å². The van der Waals surface area contributed by atoms with Crippen LogP contribution < -0.4 is 4.74 Å². The first-order chi connectivity index (χ1) is 8.28. The molecule has 0 atom stereocenters. The van der Waals surface area contributed by atoms with Gasteiger partial charge < -0.3 is 9.15 Å². The zero-order valence-corrected chi connectivity index (χ0v) is 9.68. The number of benzene rings is 1. The van der Waals surface area contributed by atoms with E-state index in [4.69, 9.17) is 9.15 Å². The molecule has 0 N–H and O–H groups in total. The Bertz CT molecular complexity index is 650. The van der Waals surface area contributed by atoms with Crippen LogP contribution in [0, 0.1) is 6.92 Å². The zero-order valence-electron chi connectivity index (χ0n) is 9.68. The topological polar surface area (TPSA) is 39.7 Å².